The second-order valence-electron chi connectivity index (χ2n) is 7.00. The molecule has 2 N–H and O–H groups in total. The highest BCUT2D eigenvalue weighted by molar-refractivity contribution is 6.32. The highest BCUT2D eigenvalue weighted by Crippen LogP contribution is 2.29. The fourth-order valence-electron chi connectivity index (χ4n) is 3.08. The van der Waals surface area contributed by atoms with Crippen LogP contribution in [0.5, 0.6) is 0 Å². The normalized spacial score (nSPS) is 20.2. The molecule has 1 unspecified atom stereocenters. The zero-order chi connectivity index (χ0) is 17.5. The summed E-state index contributed by atoms with van der Waals surface area (Å²) in [6.45, 7) is 7.26. The smallest absolute Gasteiger partial charge is 0.276 e. The Hall–Kier alpha value is -1.92. The number of benzene rings is 1. The first kappa shape index (κ1) is 16.9. The van der Waals surface area contributed by atoms with Gasteiger partial charge in [0.15, 0.2) is 5.69 Å². The van der Waals surface area contributed by atoms with E-state index in [1.807, 2.05) is 30.0 Å². The van der Waals surface area contributed by atoms with Crippen molar-refractivity contribution in [1.82, 2.24) is 19.9 Å². The number of amides is 1. The highest BCUT2D eigenvalue weighted by atomic mass is 35.5. The molecular weight excluding hydrogens is 326 g/mol. The third-order valence-electron chi connectivity index (χ3n) is 4.78. The zero-order valence-corrected chi connectivity index (χ0v) is 14.9. The number of carbonyl (C=O) groups is 1. The fourth-order valence-corrected chi connectivity index (χ4v) is 3.29. The quantitative estimate of drug-likeness (QED) is 0.905. The minimum atomic E-state index is -0.111. The third-order valence-corrected chi connectivity index (χ3v) is 5.10. The minimum Gasteiger partial charge on any atom is -0.337 e. The first-order valence-corrected chi connectivity index (χ1v) is 8.41. The number of para-hydroxylation sites is 1. The number of carbonyl (C=O) groups excluding carboxylic acids is 1. The number of halogens is 1. The molecule has 1 saturated heterocycles. The molecule has 1 aliphatic heterocycles. The van der Waals surface area contributed by atoms with Crippen LogP contribution in [-0.4, -0.2) is 44.9 Å². The van der Waals surface area contributed by atoms with Crippen LogP contribution in [0.1, 0.15) is 36.5 Å². The number of hydrogen-bond acceptors (Lipinski definition) is 4. The van der Waals surface area contributed by atoms with Gasteiger partial charge >= 0.3 is 0 Å². The lowest BCUT2D eigenvalue weighted by Crippen LogP contribution is -2.54. The van der Waals surface area contributed by atoms with E-state index >= 15 is 0 Å². The van der Waals surface area contributed by atoms with Gasteiger partial charge in [0, 0.05) is 19.1 Å². The van der Waals surface area contributed by atoms with Crippen molar-refractivity contribution >= 4 is 17.5 Å². The van der Waals surface area contributed by atoms with Gasteiger partial charge in [0.25, 0.3) is 5.91 Å². The van der Waals surface area contributed by atoms with Crippen molar-refractivity contribution in [3.8, 4) is 5.69 Å². The topological polar surface area (TPSA) is 77.0 Å². The number of nitrogens with two attached hydrogens (primary N) is 1. The van der Waals surface area contributed by atoms with E-state index in [0.29, 0.717) is 35.2 Å². The average Bonchev–Trinajstić information content (AvgIpc) is 2.91. The molecule has 6 nitrogen and oxygen atoms in total. The predicted octanol–water partition coefficient (Wildman–Crippen LogP) is 2.43. The van der Waals surface area contributed by atoms with Crippen molar-refractivity contribution < 1.29 is 4.79 Å². The molecule has 2 heterocycles. The number of hydrogen-bond donors (Lipinski definition) is 1. The van der Waals surface area contributed by atoms with Gasteiger partial charge in [-0.05, 0) is 30.9 Å². The molecule has 1 fully saturated rings. The lowest BCUT2D eigenvalue weighted by Gasteiger charge is -2.42. The van der Waals surface area contributed by atoms with E-state index in [-0.39, 0.29) is 17.4 Å². The Morgan fingerprint density at radius 3 is 2.75 bits per heavy atom. The van der Waals surface area contributed by atoms with Crippen LogP contribution in [0.4, 0.5) is 0 Å². The first-order chi connectivity index (χ1) is 11.3. The van der Waals surface area contributed by atoms with E-state index in [4.69, 9.17) is 17.3 Å². The molecule has 1 aromatic heterocycles. The molecule has 2 aromatic rings. The highest BCUT2D eigenvalue weighted by Gasteiger charge is 2.36. The van der Waals surface area contributed by atoms with Crippen LogP contribution in [0, 0.1) is 12.3 Å². The largest absolute Gasteiger partial charge is 0.337 e. The maximum absolute atomic E-state index is 12.9. The maximum Gasteiger partial charge on any atom is 0.276 e. The molecule has 1 atom stereocenters. The summed E-state index contributed by atoms with van der Waals surface area (Å²) < 4.78 is 1.61. The Bertz CT molecular complexity index is 770. The van der Waals surface area contributed by atoms with Gasteiger partial charge in [0.05, 0.1) is 16.4 Å². The van der Waals surface area contributed by atoms with Crippen LogP contribution in [0.25, 0.3) is 5.69 Å². The Balaban J connectivity index is 1.89. The van der Waals surface area contributed by atoms with Crippen LogP contribution in [0.15, 0.2) is 24.3 Å². The summed E-state index contributed by atoms with van der Waals surface area (Å²) in [6, 6.07) is 7.46. The molecule has 0 radical (unpaired) electrons. The standard InChI is InChI=1S/C17H22ClN5O/c1-11-15(16(24)22-9-8-14(19)17(2,3)10-22)20-21-23(11)13-7-5-4-6-12(13)18/h4-7,14H,8-10,19H2,1-3H3. The molecule has 0 saturated carbocycles. The molecule has 7 heteroatoms. The second kappa shape index (κ2) is 6.18. The van der Waals surface area contributed by atoms with E-state index in [1.165, 1.54) is 0 Å². The van der Waals surface area contributed by atoms with Crippen molar-refractivity contribution in [2.24, 2.45) is 11.1 Å². The SMILES string of the molecule is Cc1c(C(=O)N2CCC(N)C(C)(C)C2)nnn1-c1ccccc1Cl. The predicted molar refractivity (Wildman–Crippen MR) is 93.4 cm³/mol. The molecule has 1 aliphatic rings. The van der Waals surface area contributed by atoms with E-state index < -0.39 is 0 Å². The summed E-state index contributed by atoms with van der Waals surface area (Å²) >= 11 is 6.22. The van der Waals surface area contributed by atoms with Gasteiger partial charge in [-0.15, -0.1) is 5.10 Å². The summed E-state index contributed by atoms with van der Waals surface area (Å²) in [7, 11) is 0. The number of piperidine rings is 1. The average molecular weight is 348 g/mol. The molecule has 3 rings (SSSR count). The summed E-state index contributed by atoms with van der Waals surface area (Å²) in [6.07, 6.45) is 0.788. The molecule has 128 valence electrons. The Labute approximate surface area is 146 Å². The third kappa shape index (κ3) is 2.91. The Morgan fingerprint density at radius 2 is 2.08 bits per heavy atom. The minimum absolute atomic E-state index is 0.0986. The number of likely N-dealkylation sites (tertiary alicyclic amines) is 1. The number of rotatable bonds is 2. The van der Waals surface area contributed by atoms with Gasteiger partial charge in [0.2, 0.25) is 0 Å². The number of aromatic nitrogens is 3. The lowest BCUT2D eigenvalue weighted by molar-refractivity contribution is 0.0526. The number of nitrogens with zero attached hydrogens (tertiary/aromatic N) is 4. The molecule has 0 spiro atoms. The summed E-state index contributed by atoms with van der Waals surface area (Å²) in [5.74, 6) is -0.106. The van der Waals surface area contributed by atoms with Gasteiger partial charge in [-0.25, -0.2) is 4.68 Å². The Morgan fingerprint density at radius 1 is 1.38 bits per heavy atom. The molecule has 1 aromatic carbocycles. The van der Waals surface area contributed by atoms with Crippen molar-refractivity contribution in [2.45, 2.75) is 33.2 Å². The molecule has 1 amide bonds. The fraction of sp³-hybridized carbons (Fsp3) is 0.471. The molecular formula is C17H22ClN5O. The molecule has 0 bridgehead atoms. The Kier molecular flexibility index (Phi) is 4.36. The summed E-state index contributed by atoms with van der Waals surface area (Å²) in [5, 5.41) is 8.80. The van der Waals surface area contributed by atoms with Crippen molar-refractivity contribution in [2.75, 3.05) is 13.1 Å². The van der Waals surface area contributed by atoms with E-state index in [1.54, 1.807) is 10.7 Å². The van der Waals surface area contributed by atoms with Crippen molar-refractivity contribution in [3.63, 3.8) is 0 Å². The molecule has 0 aliphatic carbocycles. The zero-order valence-electron chi connectivity index (χ0n) is 14.2. The lowest BCUT2D eigenvalue weighted by atomic mass is 9.79. The van der Waals surface area contributed by atoms with E-state index in [0.717, 1.165) is 6.42 Å². The van der Waals surface area contributed by atoms with Gasteiger partial charge in [-0.3, -0.25) is 4.79 Å². The van der Waals surface area contributed by atoms with Crippen LogP contribution >= 0.6 is 11.6 Å². The van der Waals surface area contributed by atoms with Crippen LogP contribution < -0.4 is 5.73 Å². The van der Waals surface area contributed by atoms with E-state index in [2.05, 4.69) is 24.2 Å². The van der Waals surface area contributed by atoms with Crippen LogP contribution in [-0.2, 0) is 0 Å². The van der Waals surface area contributed by atoms with Gasteiger partial charge < -0.3 is 10.6 Å². The van der Waals surface area contributed by atoms with Crippen molar-refractivity contribution in [3.05, 3.63) is 40.7 Å². The summed E-state index contributed by atoms with van der Waals surface area (Å²) in [4.78, 5) is 14.7. The second-order valence-corrected chi connectivity index (χ2v) is 7.40. The van der Waals surface area contributed by atoms with Crippen LogP contribution in [0.3, 0.4) is 0 Å². The molecule has 24 heavy (non-hydrogen) atoms. The monoisotopic (exact) mass is 347 g/mol. The van der Waals surface area contributed by atoms with E-state index in [9.17, 15) is 4.79 Å². The first-order valence-electron chi connectivity index (χ1n) is 8.03. The van der Waals surface area contributed by atoms with Gasteiger partial charge in [-0.1, -0.05) is 42.8 Å². The summed E-state index contributed by atoms with van der Waals surface area (Å²) in [5.41, 5.74) is 7.80. The van der Waals surface area contributed by atoms with Crippen molar-refractivity contribution in [1.29, 1.82) is 0 Å². The van der Waals surface area contributed by atoms with Gasteiger partial charge in [-0.2, -0.15) is 0 Å². The van der Waals surface area contributed by atoms with Crippen LogP contribution in [0.2, 0.25) is 5.02 Å². The van der Waals surface area contributed by atoms with Gasteiger partial charge in [0.1, 0.15) is 0 Å². The maximum atomic E-state index is 12.9.